The fraction of sp³-hybridized carbons (Fsp3) is 0.214. The standard InChI is InChI=1S/C14H12FN3O2S/c15-10-3-1-9(2-4-10)8-17-11-7-12(19)18(13(11)20)14-16-5-6-21-14/h1-6,11,17H,7-8H2. The van der Waals surface area contributed by atoms with Crippen molar-refractivity contribution >= 4 is 28.3 Å². The van der Waals surface area contributed by atoms with Gasteiger partial charge >= 0.3 is 0 Å². The Bertz CT molecular complexity index is 657. The number of rotatable bonds is 4. The maximum Gasteiger partial charge on any atom is 0.253 e. The topological polar surface area (TPSA) is 62.3 Å². The lowest BCUT2D eigenvalue weighted by Crippen LogP contribution is -2.38. The van der Waals surface area contributed by atoms with Crippen molar-refractivity contribution in [3.63, 3.8) is 0 Å². The SMILES string of the molecule is O=C1CC(NCc2ccc(F)cc2)C(=O)N1c1nccs1. The minimum Gasteiger partial charge on any atom is -0.301 e. The Morgan fingerprint density at radius 1 is 1.33 bits per heavy atom. The van der Waals surface area contributed by atoms with Crippen molar-refractivity contribution < 1.29 is 14.0 Å². The van der Waals surface area contributed by atoms with Crippen molar-refractivity contribution in [2.45, 2.75) is 19.0 Å². The molecule has 1 aliphatic rings. The van der Waals surface area contributed by atoms with Gasteiger partial charge in [0.25, 0.3) is 5.91 Å². The summed E-state index contributed by atoms with van der Waals surface area (Å²) in [6, 6.07) is 5.44. The third-order valence-electron chi connectivity index (χ3n) is 3.22. The van der Waals surface area contributed by atoms with Crippen LogP contribution in [0.2, 0.25) is 0 Å². The number of hydrogen-bond acceptors (Lipinski definition) is 5. The van der Waals surface area contributed by atoms with Crippen molar-refractivity contribution in [3.05, 3.63) is 47.2 Å². The smallest absolute Gasteiger partial charge is 0.253 e. The molecule has 108 valence electrons. The second kappa shape index (κ2) is 5.71. The molecule has 2 aromatic rings. The summed E-state index contributed by atoms with van der Waals surface area (Å²) in [5.41, 5.74) is 0.851. The lowest BCUT2D eigenvalue weighted by molar-refractivity contribution is -0.121. The Morgan fingerprint density at radius 2 is 2.10 bits per heavy atom. The maximum atomic E-state index is 12.8. The molecule has 2 heterocycles. The molecular weight excluding hydrogens is 293 g/mol. The van der Waals surface area contributed by atoms with Crippen LogP contribution < -0.4 is 10.2 Å². The first-order valence-electron chi connectivity index (χ1n) is 6.39. The van der Waals surface area contributed by atoms with Gasteiger partial charge in [-0.2, -0.15) is 0 Å². The first kappa shape index (κ1) is 13.8. The molecule has 0 bridgehead atoms. The van der Waals surface area contributed by atoms with Crippen molar-refractivity contribution in [1.29, 1.82) is 0 Å². The van der Waals surface area contributed by atoms with Gasteiger partial charge in [0, 0.05) is 18.1 Å². The number of amides is 2. The van der Waals surface area contributed by atoms with Gasteiger partial charge in [-0.1, -0.05) is 12.1 Å². The van der Waals surface area contributed by atoms with Crippen molar-refractivity contribution in [2.24, 2.45) is 0 Å². The lowest BCUT2D eigenvalue weighted by Gasteiger charge is -2.12. The number of halogens is 1. The highest BCUT2D eigenvalue weighted by atomic mass is 32.1. The molecule has 2 amide bonds. The van der Waals surface area contributed by atoms with E-state index in [1.54, 1.807) is 23.7 Å². The second-order valence-electron chi connectivity index (χ2n) is 4.65. The Hall–Kier alpha value is -2.12. The average Bonchev–Trinajstić information content (AvgIpc) is 3.07. The van der Waals surface area contributed by atoms with E-state index in [0.29, 0.717) is 11.7 Å². The van der Waals surface area contributed by atoms with Gasteiger partial charge in [0.05, 0.1) is 12.5 Å². The number of nitrogens with zero attached hydrogens (tertiary/aromatic N) is 2. The highest BCUT2D eigenvalue weighted by Crippen LogP contribution is 2.24. The summed E-state index contributed by atoms with van der Waals surface area (Å²) in [6.07, 6.45) is 1.67. The van der Waals surface area contributed by atoms with E-state index in [-0.39, 0.29) is 24.1 Å². The first-order valence-corrected chi connectivity index (χ1v) is 7.27. The number of carbonyl (C=O) groups is 2. The Balaban J connectivity index is 1.66. The molecule has 1 saturated heterocycles. The zero-order valence-electron chi connectivity index (χ0n) is 11.0. The number of nitrogens with one attached hydrogen (secondary N) is 1. The Kier molecular flexibility index (Phi) is 3.76. The summed E-state index contributed by atoms with van der Waals surface area (Å²) >= 11 is 1.25. The molecule has 1 unspecified atom stereocenters. The normalized spacial score (nSPS) is 18.5. The van der Waals surface area contributed by atoms with Gasteiger partial charge in [0.1, 0.15) is 5.82 Å². The van der Waals surface area contributed by atoms with Crippen LogP contribution >= 0.6 is 11.3 Å². The summed E-state index contributed by atoms with van der Waals surface area (Å²) in [7, 11) is 0. The van der Waals surface area contributed by atoms with Gasteiger partial charge in [0.15, 0.2) is 5.13 Å². The number of benzene rings is 1. The first-order chi connectivity index (χ1) is 10.1. The number of thiazole rings is 1. The predicted octanol–water partition coefficient (Wildman–Crippen LogP) is 1.70. The van der Waals surface area contributed by atoms with E-state index in [9.17, 15) is 14.0 Å². The van der Waals surface area contributed by atoms with Crippen LogP contribution in [0, 0.1) is 5.82 Å². The monoisotopic (exact) mass is 305 g/mol. The van der Waals surface area contributed by atoms with E-state index in [1.165, 1.54) is 23.5 Å². The van der Waals surface area contributed by atoms with Gasteiger partial charge in [-0.3, -0.25) is 9.59 Å². The van der Waals surface area contributed by atoms with E-state index >= 15 is 0 Å². The maximum absolute atomic E-state index is 12.8. The minimum absolute atomic E-state index is 0.111. The Labute approximate surface area is 124 Å². The molecule has 5 nitrogen and oxygen atoms in total. The van der Waals surface area contributed by atoms with Crippen molar-refractivity contribution in [2.75, 3.05) is 4.90 Å². The van der Waals surface area contributed by atoms with Gasteiger partial charge in [0.2, 0.25) is 5.91 Å². The van der Waals surface area contributed by atoms with Crippen molar-refractivity contribution in [1.82, 2.24) is 10.3 Å². The Morgan fingerprint density at radius 3 is 2.76 bits per heavy atom. The molecule has 7 heteroatoms. The van der Waals surface area contributed by atoms with Crippen LogP contribution in [-0.2, 0) is 16.1 Å². The van der Waals surface area contributed by atoms with E-state index in [2.05, 4.69) is 10.3 Å². The van der Waals surface area contributed by atoms with Gasteiger partial charge in [-0.05, 0) is 17.7 Å². The summed E-state index contributed by atoms with van der Waals surface area (Å²) in [4.78, 5) is 29.3. The molecule has 1 fully saturated rings. The second-order valence-corrected chi connectivity index (χ2v) is 5.52. The number of carbonyl (C=O) groups excluding carboxylic acids is 2. The van der Waals surface area contributed by atoms with E-state index in [4.69, 9.17) is 0 Å². The fourth-order valence-electron chi connectivity index (χ4n) is 2.16. The van der Waals surface area contributed by atoms with Crippen LogP contribution in [0.4, 0.5) is 9.52 Å². The van der Waals surface area contributed by atoms with Gasteiger partial charge in [-0.15, -0.1) is 11.3 Å². The summed E-state index contributed by atoms with van der Waals surface area (Å²) in [5.74, 6) is -0.857. The van der Waals surface area contributed by atoms with Crippen LogP contribution in [0.5, 0.6) is 0 Å². The molecule has 1 aliphatic heterocycles. The summed E-state index contributed by atoms with van der Waals surface area (Å²) < 4.78 is 12.8. The molecule has 0 radical (unpaired) electrons. The lowest BCUT2D eigenvalue weighted by atomic mass is 10.2. The molecule has 1 aromatic carbocycles. The average molecular weight is 305 g/mol. The number of imide groups is 1. The van der Waals surface area contributed by atoms with Crippen molar-refractivity contribution in [3.8, 4) is 0 Å². The zero-order valence-corrected chi connectivity index (χ0v) is 11.8. The highest BCUT2D eigenvalue weighted by Gasteiger charge is 2.40. The quantitative estimate of drug-likeness (QED) is 0.874. The molecule has 1 N–H and O–H groups in total. The fourth-order valence-corrected chi connectivity index (χ4v) is 2.82. The van der Waals surface area contributed by atoms with E-state index in [1.807, 2.05) is 0 Å². The van der Waals surface area contributed by atoms with Crippen LogP contribution in [-0.4, -0.2) is 22.8 Å². The molecule has 0 aliphatic carbocycles. The predicted molar refractivity (Wildman–Crippen MR) is 76.3 cm³/mol. The van der Waals surface area contributed by atoms with Crippen LogP contribution in [0.1, 0.15) is 12.0 Å². The van der Waals surface area contributed by atoms with Crippen LogP contribution in [0.15, 0.2) is 35.8 Å². The molecule has 0 spiro atoms. The van der Waals surface area contributed by atoms with Crippen LogP contribution in [0.3, 0.4) is 0 Å². The molecule has 0 saturated carbocycles. The summed E-state index contributed by atoms with van der Waals surface area (Å²) in [6.45, 7) is 0.398. The van der Waals surface area contributed by atoms with E-state index < -0.39 is 6.04 Å². The zero-order chi connectivity index (χ0) is 14.8. The highest BCUT2D eigenvalue weighted by molar-refractivity contribution is 7.14. The number of aromatic nitrogens is 1. The van der Waals surface area contributed by atoms with E-state index in [0.717, 1.165) is 10.5 Å². The number of anilines is 1. The summed E-state index contributed by atoms with van der Waals surface area (Å²) in [5, 5.41) is 5.15. The minimum atomic E-state index is -0.563. The van der Waals surface area contributed by atoms with Gasteiger partial charge < -0.3 is 5.32 Å². The number of hydrogen-bond donors (Lipinski definition) is 1. The molecular formula is C14H12FN3O2S. The third kappa shape index (κ3) is 2.84. The molecule has 21 heavy (non-hydrogen) atoms. The largest absolute Gasteiger partial charge is 0.301 e. The molecule has 1 aromatic heterocycles. The van der Waals surface area contributed by atoms with Gasteiger partial charge in [-0.25, -0.2) is 14.3 Å². The third-order valence-corrected chi connectivity index (χ3v) is 3.98. The van der Waals surface area contributed by atoms with Crippen LogP contribution in [0.25, 0.3) is 0 Å². The molecule has 3 rings (SSSR count). The molecule has 1 atom stereocenters.